The number of pyridine rings is 1. The fourth-order valence-electron chi connectivity index (χ4n) is 4.68. The molecule has 0 saturated carbocycles. The summed E-state index contributed by atoms with van der Waals surface area (Å²) in [6.07, 6.45) is 5.35. The van der Waals surface area contributed by atoms with Gasteiger partial charge < -0.3 is 30.6 Å². The maximum atomic E-state index is 12.9. The molecule has 10 heteroatoms. The highest BCUT2D eigenvalue weighted by atomic mass is 16.5. The fraction of sp³-hybridized carbons (Fsp3) is 0.276. The number of amides is 2. The van der Waals surface area contributed by atoms with Gasteiger partial charge in [-0.15, -0.1) is 0 Å². The zero-order valence-corrected chi connectivity index (χ0v) is 21.7. The first-order chi connectivity index (χ1) is 19.0. The summed E-state index contributed by atoms with van der Waals surface area (Å²) in [7, 11) is 1.58. The summed E-state index contributed by atoms with van der Waals surface area (Å²) in [4.78, 5) is 29.0. The summed E-state index contributed by atoms with van der Waals surface area (Å²) in [6.45, 7) is 2.69. The summed E-state index contributed by atoms with van der Waals surface area (Å²) in [5.41, 5.74) is 7.89. The quantitative estimate of drug-likeness (QED) is 0.272. The van der Waals surface area contributed by atoms with Crippen LogP contribution in [0.3, 0.4) is 0 Å². The molecule has 202 valence electrons. The molecule has 1 aliphatic rings. The smallest absolute Gasteiger partial charge is 0.323 e. The number of primary amides is 1. The van der Waals surface area contributed by atoms with Crippen molar-refractivity contribution in [3.63, 3.8) is 0 Å². The number of nitrogens with zero attached hydrogens (tertiary/aromatic N) is 2. The van der Waals surface area contributed by atoms with Crippen molar-refractivity contribution in [2.24, 2.45) is 5.73 Å². The number of methoxy groups -OCH3 is 1. The normalized spacial score (nSPS) is 13.8. The van der Waals surface area contributed by atoms with Crippen molar-refractivity contribution in [3.05, 3.63) is 78.1 Å². The van der Waals surface area contributed by atoms with Crippen LogP contribution in [0.25, 0.3) is 10.9 Å². The van der Waals surface area contributed by atoms with E-state index >= 15 is 0 Å². The number of benzene rings is 2. The molecule has 4 aromatic rings. The average molecular weight is 530 g/mol. The number of anilines is 1. The van der Waals surface area contributed by atoms with Gasteiger partial charge in [-0.05, 0) is 67.7 Å². The molecule has 5 rings (SSSR count). The van der Waals surface area contributed by atoms with Gasteiger partial charge in [-0.2, -0.15) is 0 Å². The fourth-order valence-corrected chi connectivity index (χ4v) is 4.68. The Morgan fingerprint density at radius 2 is 1.85 bits per heavy atom. The summed E-state index contributed by atoms with van der Waals surface area (Å²) in [5.74, 6) is 1.91. The first kappa shape index (κ1) is 26.2. The lowest BCUT2D eigenvalue weighted by atomic mass is 9.90. The SMILES string of the molecule is COCCOc1cc2c(ccn2C(N)=O)cc1Oc1ccnc(NC(=O)c2ccc(C3CCNCC3)cc2)c1. The van der Waals surface area contributed by atoms with E-state index in [0.29, 0.717) is 46.7 Å². The molecular weight excluding hydrogens is 498 g/mol. The van der Waals surface area contributed by atoms with Crippen LogP contribution < -0.4 is 25.8 Å². The van der Waals surface area contributed by atoms with E-state index in [9.17, 15) is 9.59 Å². The Morgan fingerprint density at radius 1 is 1.05 bits per heavy atom. The van der Waals surface area contributed by atoms with Gasteiger partial charge in [0.05, 0.1) is 12.1 Å². The van der Waals surface area contributed by atoms with E-state index in [-0.39, 0.29) is 12.5 Å². The topological polar surface area (TPSA) is 130 Å². The molecule has 0 unspecified atom stereocenters. The molecule has 0 bridgehead atoms. The molecule has 39 heavy (non-hydrogen) atoms. The second-order valence-electron chi connectivity index (χ2n) is 9.30. The number of nitrogens with one attached hydrogen (secondary N) is 2. The monoisotopic (exact) mass is 529 g/mol. The van der Waals surface area contributed by atoms with E-state index in [2.05, 4.69) is 15.6 Å². The molecule has 10 nitrogen and oxygen atoms in total. The maximum Gasteiger partial charge on any atom is 0.323 e. The Bertz CT molecular complexity index is 1460. The van der Waals surface area contributed by atoms with Gasteiger partial charge in [0.1, 0.15) is 18.2 Å². The second kappa shape index (κ2) is 12.0. The lowest BCUT2D eigenvalue weighted by Crippen LogP contribution is -2.26. The van der Waals surface area contributed by atoms with Gasteiger partial charge in [0, 0.05) is 42.6 Å². The molecule has 1 fully saturated rings. The maximum absolute atomic E-state index is 12.9. The van der Waals surface area contributed by atoms with Gasteiger partial charge in [0.25, 0.3) is 5.91 Å². The summed E-state index contributed by atoms with van der Waals surface area (Å²) >= 11 is 0. The molecule has 4 N–H and O–H groups in total. The van der Waals surface area contributed by atoms with Crippen molar-refractivity contribution < 1.29 is 23.8 Å². The van der Waals surface area contributed by atoms with E-state index in [4.69, 9.17) is 19.9 Å². The highest BCUT2D eigenvalue weighted by Gasteiger charge is 2.17. The van der Waals surface area contributed by atoms with E-state index in [1.165, 1.54) is 10.1 Å². The van der Waals surface area contributed by atoms with Gasteiger partial charge in [0.2, 0.25) is 0 Å². The Balaban J connectivity index is 1.32. The number of aromatic nitrogens is 2. The van der Waals surface area contributed by atoms with Crippen molar-refractivity contribution in [1.82, 2.24) is 14.9 Å². The molecule has 0 aliphatic carbocycles. The molecule has 0 atom stereocenters. The Labute approximate surface area is 226 Å². The van der Waals surface area contributed by atoms with E-state index < -0.39 is 6.03 Å². The van der Waals surface area contributed by atoms with Crippen LogP contribution in [-0.4, -0.2) is 54.9 Å². The molecule has 1 saturated heterocycles. The lowest BCUT2D eigenvalue weighted by molar-refractivity contribution is 0.102. The van der Waals surface area contributed by atoms with Crippen LogP contribution in [0.2, 0.25) is 0 Å². The van der Waals surface area contributed by atoms with E-state index in [1.807, 2.05) is 24.3 Å². The largest absolute Gasteiger partial charge is 0.487 e. The number of rotatable bonds is 9. The minimum absolute atomic E-state index is 0.255. The molecule has 1 aliphatic heterocycles. The Kier molecular flexibility index (Phi) is 8.04. The van der Waals surface area contributed by atoms with Gasteiger partial charge in [0.15, 0.2) is 11.5 Å². The van der Waals surface area contributed by atoms with Crippen LogP contribution in [0.5, 0.6) is 17.2 Å². The second-order valence-corrected chi connectivity index (χ2v) is 9.30. The van der Waals surface area contributed by atoms with Crippen molar-refractivity contribution in [2.75, 3.05) is 38.7 Å². The number of hydrogen-bond acceptors (Lipinski definition) is 7. The first-order valence-electron chi connectivity index (χ1n) is 12.8. The predicted molar refractivity (Wildman–Crippen MR) is 148 cm³/mol. The minimum Gasteiger partial charge on any atom is -0.487 e. The average Bonchev–Trinajstić information content (AvgIpc) is 3.37. The van der Waals surface area contributed by atoms with Gasteiger partial charge in [-0.3, -0.25) is 9.36 Å². The van der Waals surface area contributed by atoms with Crippen LogP contribution in [0.1, 0.15) is 34.7 Å². The van der Waals surface area contributed by atoms with Crippen LogP contribution in [-0.2, 0) is 4.74 Å². The van der Waals surface area contributed by atoms with Crippen molar-refractivity contribution in [1.29, 1.82) is 0 Å². The molecule has 2 amide bonds. The predicted octanol–water partition coefficient (Wildman–Crippen LogP) is 4.50. The number of ether oxygens (including phenoxy) is 3. The van der Waals surface area contributed by atoms with Crippen LogP contribution in [0.15, 0.2) is 67.0 Å². The van der Waals surface area contributed by atoms with Crippen molar-refractivity contribution >= 4 is 28.7 Å². The summed E-state index contributed by atoms with van der Waals surface area (Å²) in [5, 5.41) is 6.97. The standard InChI is InChI=1S/C29H31N5O5/c1-37-14-15-38-25-18-24-22(9-13-34(24)29(30)36)16-26(25)39-23-8-12-32-27(17-23)33-28(35)21-4-2-19(3-5-21)20-6-10-31-11-7-20/h2-5,8-9,12-13,16-18,20,31H,6-7,10-11,14-15H2,1H3,(H2,30,36)(H,32,33,35). The number of carbonyl (C=O) groups excluding carboxylic acids is 2. The minimum atomic E-state index is -0.600. The van der Waals surface area contributed by atoms with Crippen molar-refractivity contribution in [2.45, 2.75) is 18.8 Å². The molecule has 3 heterocycles. The third kappa shape index (κ3) is 6.19. The zero-order valence-electron chi connectivity index (χ0n) is 21.7. The first-order valence-corrected chi connectivity index (χ1v) is 12.8. The highest BCUT2D eigenvalue weighted by Crippen LogP contribution is 2.36. The van der Waals surface area contributed by atoms with Crippen LogP contribution in [0.4, 0.5) is 10.6 Å². The number of carbonyl (C=O) groups is 2. The molecule has 2 aromatic heterocycles. The van der Waals surface area contributed by atoms with Gasteiger partial charge in [-0.25, -0.2) is 9.78 Å². The number of fused-ring (bicyclic) bond motifs is 1. The summed E-state index contributed by atoms with van der Waals surface area (Å²) in [6, 6.07) is 15.7. The zero-order chi connectivity index (χ0) is 27.2. The van der Waals surface area contributed by atoms with E-state index in [0.717, 1.165) is 31.3 Å². The van der Waals surface area contributed by atoms with Crippen LogP contribution >= 0.6 is 0 Å². The third-order valence-corrected chi connectivity index (χ3v) is 6.72. The number of hydrogen-bond donors (Lipinski definition) is 3. The van der Waals surface area contributed by atoms with Crippen LogP contribution in [0, 0.1) is 0 Å². The van der Waals surface area contributed by atoms with Gasteiger partial charge >= 0.3 is 6.03 Å². The third-order valence-electron chi connectivity index (χ3n) is 6.72. The highest BCUT2D eigenvalue weighted by molar-refractivity contribution is 6.03. The molecule has 2 aromatic carbocycles. The Hall–Kier alpha value is -4.41. The van der Waals surface area contributed by atoms with Gasteiger partial charge in [-0.1, -0.05) is 12.1 Å². The molecule has 0 radical (unpaired) electrons. The number of nitrogens with two attached hydrogens (primary N) is 1. The van der Waals surface area contributed by atoms with Crippen molar-refractivity contribution in [3.8, 4) is 17.2 Å². The molecular formula is C29H31N5O5. The Morgan fingerprint density at radius 3 is 2.59 bits per heavy atom. The molecule has 0 spiro atoms. The summed E-state index contributed by atoms with van der Waals surface area (Å²) < 4.78 is 18.4. The lowest BCUT2D eigenvalue weighted by Gasteiger charge is -2.23. The number of piperidine rings is 1. The van der Waals surface area contributed by atoms with E-state index in [1.54, 1.807) is 49.8 Å².